The lowest BCUT2D eigenvalue weighted by Crippen LogP contribution is -2.44. The Balaban J connectivity index is 1.04. The van der Waals surface area contributed by atoms with Gasteiger partial charge in [0.1, 0.15) is 42.3 Å². The van der Waals surface area contributed by atoms with Gasteiger partial charge in [0.15, 0.2) is 34.9 Å². The minimum absolute atomic E-state index is 0.0284. The van der Waals surface area contributed by atoms with Crippen LogP contribution in [0.2, 0.25) is 0 Å². The van der Waals surface area contributed by atoms with Gasteiger partial charge in [-0.15, -0.1) is 5.10 Å². The molecule has 38 heteroatoms. The third kappa shape index (κ3) is 11.6. The summed E-state index contributed by atoms with van der Waals surface area (Å²) in [5.41, 5.74) is 9.33. The van der Waals surface area contributed by atoms with Gasteiger partial charge in [-0.2, -0.15) is 14.3 Å². The van der Waals surface area contributed by atoms with Crippen LogP contribution in [-0.4, -0.2) is 165 Å². The first-order chi connectivity index (χ1) is 32.6. The van der Waals surface area contributed by atoms with Gasteiger partial charge in [-0.05, 0) is 0 Å². The van der Waals surface area contributed by atoms with Crippen LogP contribution >= 0.6 is 31.1 Å². The van der Waals surface area contributed by atoms with E-state index in [0.29, 0.717) is 0 Å². The molecule has 0 aliphatic carbocycles. The molecule has 0 saturated carbocycles. The van der Waals surface area contributed by atoms with E-state index in [4.69, 9.17) is 66.0 Å². The van der Waals surface area contributed by atoms with Crippen molar-refractivity contribution in [3.63, 3.8) is 0 Å². The number of aliphatic hydroxyl groups excluding tert-OH is 3. The molecule has 2 aliphatic rings. The lowest BCUT2D eigenvalue weighted by atomic mass is 10.1. The number of hydrogen-bond donors (Lipinski definition) is 8. The number of ether oxygens (including phenoxy) is 3. The predicted octanol–water partition coefficient (Wildman–Crippen LogP) is -1.12. The van der Waals surface area contributed by atoms with E-state index in [1.165, 1.54) is 25.3 Å². The maximum absolute atomic E-state index is 13.9. The fourth-order valence-electron chi connectivity index (χ4n) is 6.61. The number of aliphatic hydroxyl groups is 3. The molecular weight excluding hydrogens is 1010 g/mol. The minimum Gasteiger partial charge on any atom is -0.387 e. The molecule has 4 aromatic heterocycles. The molecule has 384 valence electrons. The zero-order valence-corrected chi connectivity index (χ0v) is 40.7. The second kappa shape index (κ2) is 22.0. The molecule has 6 rings (SSSR count). The number of fused-ring (bicyclic) bond motifs is 1. The highest BCUT2D eigenvalue weighted by Crippen LogP contribution is 2.66. The molecule has 8 unspecified atom stereocenters. The van der Waals surface area contributed by atoms with Gasteiger partial charge in [-0.25, -0.2) is 27.7 Å². The van der Waals surface area contributed by atoms with Crippen LogP contribution in [-0.2, 0) is 79.3 Å². The number of nitrogens with two attached hydrogens (primary N) is 2. The maximum Gasteiger partial charge on any atom is 0.483 e. The Kier molecular flexibility index (Phi) is 17.2. The molecule has 0 aromatic carbocycles. The van der Waals surface area contributed by atoms with E-state index in [0.717, 1.165) is 50.2 Å². The van der Waals surface area contributed by atoms with Gasteiger partial charge < -0.3 is 55.7 Å². The molecule has 2 saturated heterocycles. The maximum atomic E-state index is 13.9. The number of rotatable bonds is 25. The summed E-state index contributed by atoms with van der Waals surface area (Å²) in [6, 6.07) is 0. The van der Waals surface area contributed by atoms with Crippen LogP contribution in [0, 0.1) is 0 Å². The van der Waals surface area contributed by atoms with Crippen LogP contribution in [0.3, 0.4) is 0 Å². The molecule has 4 aromatic rings. The van der Waals surface area contributed by atoms with E-state index in [1.807, 2.05) is 0 Å². The number of H-pyrrole nitrogens is 2. The second-order valence-corrected chi connectivity index (χ2v) is 21.7. The van der Waals surface area contributed by atoms with E-state index < -0.39 is 117 Å². The topological polar surface area (TPSA) is 447 Å². The van der Waals surface area contributed by atoms with Gasteiger partial charge in [0, 0.05) is 48.8 Å². The third-order valence-corrected chi connectivity index (χ3v) is 17.3. The number of hydrogen-bond acceptors (Lipinski definition) is 30. The number of imidazole rings is 1. The molecule has 34 nitrogen and oxygen atoms in total. The summed E-state index contributed by atoms with van der Waals surface area (Å²) in [6.45, 7) is 1.28. The van der Waals surface area contributed by atoms with Crippen LogP contribution in [0.4, 0.5) is 23.4 Å². The Labute approximate surface area is 388 Å². The lowest BCUT2D eigenvalue weighted by molar-refractivity contribution is -0.0509. The summed E-state index contributed by atoms with van der Waals surface area (Å²) >= 11 is 0. The molecule has 0 spiro atoms. The molecule has 10 N–H and O–H groups in total. The van der Waals surface area contributed by atoms with Crippen LogP contribution in [0.15, 0.2) is 34.9 Å². The second-order valence-electron chi connectivity index (χ2n) is 14.1. The number of nitrogens with one attached hydrogen (secondary N) is 3. The predicted molar refractivity (Wildman–Crippen MR) is 234 cm³/mol. The number of nitrogens with zero attached hydrogens (tertiary/aromatic N) is 8. The molecule has 2 fully saturated rings. The van der Waals surface area contributed by atoms with Crippen molar-refractivity contribution in [1.82, 2.24) is 44.5 Å². The van der Waals surface area contributed by atoms with Crippen molar-refractivity contribution >= 4 is 71.1 Å². The van der Waals surface area contributed by atoms with Crippen molar-refractivity contribution in [1.29, 1.82) is 0 Å². The number of nitrogen functional groups attached to an aromatic ring is 2. The van der Waals surface area contributed by atoms with Gasteiger partial charge in [0.2, 0.25) is 11.9 Å². The van der Waals surface area contributed by atoms with Crippen molar-refractivity contribution in [2.45, 2.75) is 55.6 Å². The first-order valence-electron chi connectivity index (χ1n) is 19.6. The highest BCUT2D eigenvalue weighted by Gasteiger charge is 2.50. The van der Waals surface area contributed by atoms with Crippen molar-refractivity contribution in [3.8, 4) is 0 Å². The molecule has 0 radical (unpaired) electrons. The van der Waals surface area contributed by atoms with E-state index in [1.54, 1.807) is 0 Å². The molecule has 0 bridgehead atoms. The number of methoxy groups -OCH3 is 1. The van der Waals surface area contributed by atoms with Gasteiger partial charge >= 0.3 is 31.1 Å². The lowest BCUT2D eigenvalue weighted by Gasteiger charge is -2.30. The van der Waals surface area contributed by atoms with Crippen molar-refractivity contribution < 1.29 is 88.1 Å². The Morgan fingerprint density at radius 1 is 0.855 bits per heavy atom. The Hall–Kier alpha value is -4.37. The first-order valence-corrected chi connectivity index (χ1v) is 25.6. The molecular formula is C31H49N13O21P4. The zero-order valence-electron chi connectivity index (χ0n) is 37.1. The van der Waals surface area contributed by atoms with Gasteiger partial charge in [-0.3, -0.25) is 55.8 Å². The summed E-state index contributed by atoms with van der Waals surface area (Å²) in [7, 11) is -12.9. The third-order valence-electron chi connectivity index (χ3n) is 10.0. The number of aromatic amines is 2. The average Bonchev–Trinajstić information content (AvgIpc) is 4.10. The standard InChI is InChI=1S/C31H49N13O21P4/c1-8-43(24-18(34-2)26(48)38-30(32)36-24)29-23(54-3)21(46)16(63-29)13-60-68(52,57-6)64-66(50,55-4)17-11-42(41-40-17)9-10-59-67(51,56-5)65-69(53,58-7)61-12-15-20(45)22(47)28(62-15)44-14-35-19-25(44)37-31(33)39-27(19)49/h8,11,14-16,20-23,28-29,34,45-47H,1,9-10,12-13H2,2-7H3,(H3,32,36,38,48)(H3,33,37,39,49)/t15-,16-,20?,21?,22?,23?,28-,29-,66?,67?,68?,69?/m1/s1. The molecule has 69 heavy (non-hydrogen) atoms. The Morgan fingerprint density at radius 3 is 2.07 bits per heavy atom. The molecule has 12 atom stereocenters. The average molecular weight is 1060 g/mol. The normalized spacial score (nSPS) is 26.3. The summed E-state index contributed by atoms with van der Waals surface area (Å²) in [5, 5.41) is 42.8. The van der Waals surface area contributed by atoms with Gasteiger partial charge in [0.05, 0.1) is 38.9 Å². The van der Waals surface area contributed by atoms with Crippen LogP contribution < -0.4 is 38.2 Å². The van der Waals surface area contributed by atoms with E-state index >= 15 is 0 Å². The summed E-state index contributed by atoms with van der Waals surface area (Å²) in [5.74, 6) is -0.538. The largest absolute Gasteiger partial charge is 0.483 e. The number of anilines is 4. The summed E-state index contributed by atoms with van der Waals surface area (Å²) < 4.78 is 120. The fourth-order valence-corrected chi connectivity index (χ4v) is 12.5. The summed E-state index contributed by atoms with van der Waals surface area (Å²) in [6.07, 6.45) is -7.95. The monoisotopic (exact) mass is 1060 g/mol. The quantitative estimate of drug-likeness (QED) is 0.0365. The smallest absolute Gasteiger partial charge is 0.387 e. The fraction of sp³-hybridized carbons (Fsp3) is 0.581. The molecule has 0 amide bonds. The highest BCUT2D eigenvalue weighted by molar-refractivity contribution is 7.70. The van der Waals surface area contributed by atoms with Gasteiger partial charge in [-0.1, -0.05) is 11.8 Å². The number of phosphoric acid groups is 3. The summed E-state index contributed by atoms with van der Waals surface area (Å²) in [4.78, 5) is 42.7. The Bertz CT molecular complexity index is 2780. The Morgan fingerprint density at radius 2 is 1.46 bits per heavy atom. The SMILES string of the molecule is C=CN(c1nc(N)[nH]c(=O)c1NC)[C@@H]1O[C@H](COP(=O)(OC)OP(=O)(OC)c2cn(CCOP(=O)(OC)OP(=O)(OC)OC[C@H]3O[C@@H](n4cnc5c(=O)[nH]c(N)nc54)C(O)C3O)nn2)C(O)C1OC. The molecule has 2 aliphatic heterocycles. The van der Waals surface area contributed by atoms with Crippen molar-refractivity contribution in [2.24, 2.45) is 0 Å². The van der Waals surface area contributed by atoms with Crippen LogP contribution in [0.1, 0.15) is 6.23 Å². The van der Waals surface area contributed by atoms with E-state index in [2.05, 4.69) is 47.1 Å². The first kappa shape index (κ1) is 54.0. The van der Waals surface area contributed by atoms with Crippen LogP contribution in [0.5, 0.6) is 0 Å². The van der Waals surface area contributed by atoms with E-state index in [-0.39, 0.29) is 41.1 Å². The zero-order chi connectivity index (χ0) is 50.6. The van der Waals surface area contributed by atoms with E-state index in [9.17, 15) is 43.2 Å². The van der Waals surface area contributed by atoms with Crippen LogP contribution in [0.25, 0.3) is 11.2 Å². The number of phosphoric ester groups is 3. The van der Waals surface area contributed by atoms with Crippen molar-refractivity contribution in [3.05, 3.63) is 46.0 Å². The highest BCUT2D eigenvalue weighted by atomic mass is 31.3. The van der Waals surface area contributed by atoms with Gasteiger partial charge in [0.25, 0.3) is 11.1 Å². The minimum atomic E-state index is -4.87. The van der Waals surface area contributed by atoms with Crippen molar-refractivity contribution in [2.75, 3.05) is 84.1 Å². The number of aromatic nitrogens is 9. The molecule has 6 heterocycles.